The van der Waals surface area contributed by atoms with E-state index in [4.69, 9.17) is 9.26 Å². The molecule has 130 valence electrons. The van der Waals surface area contributed by atoms with Crippen molar-refractivity contribution in [3.63, 3.8) is 0 Å². The first-order valence-electron chi connectivity index (χ1n) is 7.93. The molecule has 0 saturated carbocycles. The van der Waals surface area contributed by atoms with E-state index in [1.807, 2.05) is 20.8 Å². The van der Waals surface area contributed by atoms with Crippen LogP contribution in [0.15, 0.2) is 28.8 Å². The third kappa shape index (κ3) is 4.35. The lowest BCUT2D eigenvalue weighted by molar-refractivity contribution is -0.121. The molecular formula is C18H24N2O4. The first-order chi connectivity index (χ1) is 11.4. The standard InChI is InChI=1S/C18H24N2O4/c1-11(18-12(2)20-24-13(18)3)9-17(22)19-10-16(21)14-5-7-15(23-4)8-6-14/h5-8,11,16,21H,9-10H2,1-4H3,(H,19,22). The molecule has 2 aromatic rings. The first kappa shape index (κ1) is 18.0. The van der Waals surface area contributed by atoms with E-state index in [1.165, 1.54) is 0 Å². The van der Waals surface area contributed by atoms with E-state index in [1.54, 1.807) is 31.4 Å². The van der Waals surface area contributed by atoms with Crippen LogP contribution in [0, 0.1) is 13.8 Å². The minimum absolute atomic E-state index is 0.00868. The van der Waals surface area contributed by atoms with Gasteiger partial charge in [0.1, 0.15) is 11.5 Å². The number of nitrogens with one attached hydrogen (secondary N) is 1. The molecule has 0 fully saturated rings. The number of carbonyl (C=O) groups excluding carboxylic acids is 1. The number of amides is 1. The van der Waals surface area contributed by atoms with Crippen LogP contribution in [-0.2, 0) is 4.79 Å². The monoisotopic (exact) mass is 332 g/mol. The fourth-order valence-corrected chi connectivity index (χ4v) is 2.80. The smallest absolute Gasteiger partial charge is 0.220 e. The second-order valence-corrected chi connectivity index (χ2v) is 5.94. The minimum atomic E-state index is -0.755. The number of ether oxygens (including phenoxy) is 1. The zero-order chi connectivity index (χ0) is 17.7. The van der Waals surface area contributed by atoms with Gasteiger partial charge in [-0.1, -0.05) is 24.2 Å². The van der Waals surface area contributed by atoms with Crippen molar-refractivity contribution in [3.05, 3.63) is 46.8 Å². The molecule has 6 nitrogen and oxygen atoms in total. The van der Waals surface area contributed by atoms with Crippen LogP contribution in [0.2, 0.25) is 0 Å². The molecular weight excluding hydrogens is 308 g/mol. The SMILES string of the molecule is COc1ccc(C(O)CNC(=O)CC(C)c2c(C)noc2C)cc1. The molecule has 2 unspecified atom stereocenters. The minimum Gasteiger partial charge on any atom is -0.497 e. The Hall–Kier alpha value is -2.34. The number of methoxy groups -OCH3 is 1. The highest BCUT2D eigenvalue weighted by atomic mass is 16.5. The Balaban J connectivity index is 1.86. The van der Waals surface area contributed by atoms with Crippen LogP contribution < -0.4 is 10.1 Å². The van der Waals surface area contributed by atoms with Gasteiger partial charge in [-0.15, -0.1) is 0 Å². The highest BCUT2D eigenvalue weighted by molar-refractivity contribution is 5.77. The van der Waals surface area contributed by atoms with Gasteiger partial charge in [-0.05, 0) is 37.5 Å². The molecule has 6 heteroatoms. The summed E-state index contributed by atoms with van der Waals surface area (Å²) in [7, 11) is 1.59. The van der Waals surface area contributed by atoms with Gasteiger partial charge in [-0.2, -0.15) is 0 Å². The van der Waals surface area contributed by atoms with Crippen LogP contribution >= 0.6 is 0 Å². The molecule has 2 atom stereocenters. The molecule has 1 heterocycles. The Morgan fingerprint density at radius 2 is 2.00 bits per heavy atom. The maximum atomic E-state index is 12.1. The molecule has 24 heavy (non-hydrogen) atoms. The molecule has 0 radical (unpaired) electrons. The Kier molecular flexibility index (Phi) is 5.98. The number of nitrogens with zero attached hydrogens (tertiary/aromatic N) is 1. The Bertz CT molecular complexity index is 659. The fourth-order valence-electron chi connectivity index (χ4n) is 2.80. The van der Waals surface area contributed by atoms with Crippen molar-refractivity contribution >= 4 is 5.91 Å². The second kappa shape index (κ2) is 7.97. The van der Waals surface area contributed by atoms with Gasteiger partial charge in [-0.3, -0.25) is 4.79 Å². The molecule has 0 aliphatic carbocycles. The van der Waals surface area contributed by atoms with E-state index < -0.39 is 6.10 Å². The highest BCUT2D eigenvalue weighted by Crippen LogP contribution is 2.25. The van der Waals surface area contributed by atoms with Gasteiger partial charge >= 0.3 is 0 Å². The van der Waals surface area contributed by atoms with Crippen LogP contribution in [0.5, 0.6) is 5.75 Å². The molecule has 0 aliphatic rings. The summed E-state index contributed by atoms with van der Waals surface area (Å²) in [5.41, 5.74) is 2.52. The van der Waals surface area contributed by atoms with Gasteiger partial charge in [0.05, 0.1) is 18.9 Å². The topological polar surface area (TPSA) is 84.6 Å². The predicted octanol–water partition coefficient (Wildman–Crippen LogP) is 2.64. The summed E-state index contributed by atoms with van der Waals surface area (Å²) in [6, 6.07) is 7.12. The lowest BCUT2D eigenvalue weighted by atomic mass is 9.96. The number of carbonyl (C=O) groups is 1. The average molecular weight is 332 g/mol. The number of benzene rings is 1. The van der Waals surface area contributed by atoms with E-state index in [9.17, 15) is 9.90 Å². The summed E-state index contributed by atoms with van der Waals surface area (Å²) in [4.78, 5) is 12.1. The Morgan fingerprint density at radius 3 is 2.54 bits per heavy atom. The maximum Gasteiger partial charge on any atom is 0.220 e. The maximum absolute atomic E-state index is 12.1. The molecule has 1 amide bonds. The molecule has 2 rings (SSSR count). The quantitative estimate of drug-likeness (QED) is 0.814. The zero-order valence-corrected chi connectivity index (χ0v) is 14.5. The molecule has 2 N–H and O–H groups in total. The number of hydrogen-bond donors (Lipinski definition) is 2. The van der Waals surface area contributed by atoms with E-state index in [0.29, 0.717) is 6.42 Å². The molecule has 1 aromatic heterocycles. The van der Waals surface area contributed by atoms with Crippen LogP contribution in [0.25, 0.3) is 0 Å². The summed E-state index contributed by atoms with van der Waals surface area (Å²) >= 11 is 0. The van der Waals surface area contributed by atoms with Gasteiger partial charge in [0.25, 0.3) is 0 Å². The largest absolute Gasteiger partial charge is 0.497 e. The zero-order valence-electron chi connectivity index (χ0n) is 14.5. The third-order valence-electron chi connectivity index (χ3n) is 4.07. The highest BCUT2D eigenvalue weighted by Gasteiger charge is 2.19. The van der Waals surface area contributed by atoms with Gasteiger partial charge in [0.2, 0.25) is 5.91 Å². The number of aryl methyl sites for hydroxylation is 2. The summed E-state index contributed by atoms with van der Waals surface area (Å²) in [6.07, 6.45) is -0.438. The van der Waals surface area contributed by atoms with E-state index in [2.05, 4.69) is 10.5 Å². The summed E-state index contributed by atoms with van der Waals surface area (Å²) < 4.78 is 10.2. The lowest BCUT2D eigenvalue weighted by Gasteiger charge is -2.15. The number of aliphatic hydroxyl groups excluding tert-OH is 1. The van der Waals surface area contributed by atoms with Crippen LogP contribution in [0.1, 0.15) is 47.9 Å². The second-order valence-electron chi connectivity index (χ2n) is 5.94. The summed E-state index contributed by atoms with van der Waals surface area (Å²) in [5, 5.41) is 16.8. The van der Waals surface area contributed by atoms with E-state index in [-0.39, 0.29) is 18.4 Å². The van der Waals surface area contributed by atoms with Crippen LogP contribution in [0.3, 0.4) is 0 Å². The van der Waals surface area contributed by atoms with Gasteiger partial charge < -0.3 is 19.7 Å². The molecule has 0 bridgehead atoms. The van der Waals surface area contributed by atoms with E-state index >= 15 is 0 Å². The van der Waals surface area contributed by atoms with Crippen molar-refractivity contribution in [3.8, 4) is 5.75 Å². The summed E-state index contributed by atoms with van der Waals surface area (Å²) in [5.74, 6) is 1.36. The van der Waals surface area contributed by atoms with Crippen molar-refractivity contribution in [2.75, 3.05) is 13.7 Å². The van der Waals surface area contributed by atoms with Crippen molar-refractivity contribution < 1.29 is 19.2 Å². The van der Waals surface area contributed by atoms with Crippen LogP contribution in [-0.4, -0.2) is 29.8 Å². The Labute approximate surface area is 141 Å². The summed E-state index contributed by atoms with van der Waals surface area (Å²) in [6.45, 7) is 5.84. The third-order valence-corrected chi connectivity index (χ3v) is 4.07. The first-order valence-corrected chi connectivity index (χ1v) is 7.93. The molecule has 0 aliphatic heterocycles. The van der Waals surface area contributed by atoms with E-state index in [0.717, 1.165) is 28.3 Å². The number of hydrogen-bond acceptors (Lipinski definition) is 5. The lowest BCUT2D eigenvalue weighted by Crippen LogP contribution is -2.29. The van der Waals surface area contributed by atoms with Crippen molar-refractivity contribution in [1.29, 1.82) is 0 Å². The fraction of sp³-hybridized carbons (Fsp3) is 0.444. The van der Waals surface area contributed by atoms with Crippen molar-refractivity contribution in [2.45, 2.75) is 39.2 Å². The van der Waals surface area contributed by atoms with Crippen LogP contribution in [0.4, 0.5) is 0 Å². The molecule has 0 spiro atoms. The van der Waals surface area contributed by atoms with Crippen molar-refractivity contribution in [1.82, 2.24) is 10.5 Å². The van der Waals surface area contributed by atoms with Gasteiger partial charge in [0.15, 0.2) is 0 Å². The number of aliphatic hydroxyl groups is 1. The average Bonchev–Trinajstić information content (AvgIpc) is 2.91. The van der Waals surface area contributed by atoms with Gasteiger partial charge in [-0.25, -0.2) is 0 Å². The molecule has 1 aromatic carbocycles. The number of aromatic nitrogens is 1. The van der Waals surface area contributed by atoms with Gasteiger partial charge in [0, 0.05) is 18.5 Å². The Morgan fingerprint density at radius 1 is 1.33 bits per heavy atom. The predicted molar refractivity (Wildman–Crippen MR) is 90.0 cm³/mol. The normalized spacial score (nSPS) is 13.4. The number of rotatable bonds is 7. The van der Waals surface area contributed by atoms with Crippen molar-refractivity contribution in [2.24, 2.45) is 0 Å². The molecule has 0 saturated heterocycles.